The molecule has 2 amide bonds. The van der Waals surface area contributed by atoms with Gasteiger partial charge in [-0.2, -0.15) is 10.2 Å². The Morgan fingerprint density at radius 2 is 1.91 bits per heavy atom. The maximum absolute atomic E-state index is 13.3. The number of rotatable bonds is 5. The van der Waals surface area contributed by atoms with E-state index in [0.29, 0.717) is 25.4 Å². The van der Waals surface area contributed by atoms with Crippen LogP contribution < -0.4 is 10.6 Å². The van der Waals surface area contributed by atoms with Crippen molar-refractivity contribution in [2.24, 2.45) is 0 Å². The van der Waals surface area contributed by atoms with E-state index >= 15 is 0 Å². The second kappa shape index (κ2) is 9.00. The molecule has 0 aliphatic heterocycles. The van der Waals surface area contributed by atoms with Crippen LogP contribution >= 0.6 is 43.5 Å². The largest absolute Gasteiger partial charge is 0.348 e. The van der Waals surface area contributed by atoms with Gasteiger partial charge in [0.15, 0.2) is 11.5 Å². The number of amides is 2. The van der Waals surface area contributed by atoms with E-state index in [9.17, 15) is 9.59 Å². The number of halogens is 3. The van der Waals surface area contributed by atoms with Crippen LogP contribution in [0.5, 0.6) is 0 Å². The first kappa shape index (κ1) is 22.4. The van der Waals surface area contributed by atoms with E-state index < -0.39 is 5.91 Å². The van der Waals surface area contributed by atoms with Crippen LogP contribution in [-0.4, -0.2) is 42.2 Å². The number of nitrogens with one attached hydrogen (secondary N) is 2. The average molecular weight is 582 g/mol. The summed E-state index contributed by atoms with van der Waals surface area (Å²) in [5, 5.41) is 14.5. The molecule has 0 aromatic carbocycles. The van der Waals surface area contributed by atoms with Crippen LogP contribution in [0.1, 0.15) is 34.8 Å². The standard InChI is InChI=1S/C20H16Br2ClN7O2/c1-10(2)26-20(32)17-16(12(21)8-11-5-7-25-29(11)17)27-19(31)14-9-15(22)28-30(14)18-13(23)4-3-6-24-18/h3-10H,1-2H3,(H,26,32)(H,27,31). The fourth-order valence-corrected chi connectivity index (χ4v) is 4.17. The van der Waals surface area contributed by atoms with Gasteiger partial charge in [0, 0.05) is 22.8 Å². The number of fused-ring (bicyclic) bond motifs is 1. The van der Waals surface area contributed by atoms with Gasteiger partial charge in [-0.05, 0) is 70.0 Å². The van der Waals surface area contributed by atoms with Crippen molar-refractivity contribution >= 4 is 66.5 Å². The first-order valence-electron chi connectivity index (χ1n) is 9.41. The number of hydrogen-bond acceptors (Lipinski definition) is 5. The third-order valence-electron chi connectivity index (χ3n) is 4.36. The van der Waals surface area contributed by atoms with Gasteiger partial charge in [0.05, 0.1) is 22.4 Å². The molecule has 0 saturated carbocycles. The van der Waals surface area contributed by atoms with Crippen LogP contribution in [0.2, 0.25) is 5.02 Å². The molecule has 4 rings (SSSR count). The minimum Gasteiger partial charge on any atom is -0.348 e. The lowest BCUT2D eigenvalue weighted by Crippen LogP contribution is -2.33. The van der Waals surface area contributed by atoms with Crippen LogP contribution in [0.15, 0.2) is 51.8 Å². The summed E-state index contributed by atoms with van der Waals surface area (Å²) in [6.07, 6.45) is 3.13. The topological polar surface area (TPSA) is 106 Å². The summed E-state index contributed by atoms with van der Waals surface area (Å²) >= 11 is 13.0. The summed E-state index contributed by atoms with van der Waals surface area (Å²) in [6.45, 7) is 3.70. The highest BCUT2D eigenvalue weighted by Crippen LogP contribution is 2.30. The molecule has 164 valence electrons. The number of nitrogens with zero attached hydrogens (tertiary/aromatic N) is 5. The van der Waals surface area contributed by atoms with Crippen molar-refractivity contribution in [1.82, 2.24) is 29.7 Å². The minimum atomic E-state index is -0.518. The highest BCUT2D eigenvalue weighted by molar-refractivity contribution is 9.10. The normalized spacial score (nSPS) is 11.2. The highest BCUT2D eigenvalue weighted by Gasteiger charge is 2.25. The predicted molar refractivity (Wildman–Crippen MR) is 128 cm³/mol. The zero-order valence-electron chi connectivity index (χ0n) is 16.8. The molecule has 0 saturated heterocycles. The van der Waals surface area contributed by atoms with E-state index in [4.69, 9.17) is 11.6 Å². The third kappa shape index (κ3) is 4.27. The van der Waals surface area contributed by atoms with Crippen molar-refractivity contribution in [3.05, 3.63) is 68.2 Å². The van der Waals surface area contributed by atoms with Gasteiger partial charge in [-0.25, -0.2) is 14.2 Å². The maximum Gasteiger partial charge on any atom is 0.274 e. The first-order chi connectivity index (χ1) is 15.3. The molecule has 0 aliphatic carbocycles. The Hall–Kier alpha value is -2.76. The summed E-state index contributed by atoms with van der Waals surface area (Å²) in [6, 6.07) is 8.28. The van der Waals surface area contributed by atoms with Crippen LogP contribution in [0.25, 0.3) is 11.3 Å². The molecule has 2 N–H and O–H groups in total. The van der Waals surface area contributed by atoms with Crippen molar-refractivity contribution < 1.29 is 9.59 Å². The average Bonchev–Trinajstić information content (AvgIpc) is 3.34. The Morgan fingerprint density at radius 3 is 2.62 bits per heavy atom. The zero-order valence-corrected chi connectivity index (χ0v) is 20.7. The van der Waals surface area contributed by atoms with Gasteiger partial charge in [-0.1, -0.05) is 11.6 Å². The van der Waals surface area contributed by atoms with E-state index in [1.165, 1.54) is 15.3 Å². The third-order valence-corrected chi connectivity index (χ3v) is 5.67. The van der Waals surface area contributed by atoms with Gasteiger partial charge in [0.25, 0.3) is 11.8 Å². The monoisotopic (exact) mass is 579 g/mol. The number of pyridine rings is 2. The van der Waals surface area contributed by atoms with Crippen LogP contribution in [0.3, 0.4) is 0 Å². The van der Waals surface area contributed by atoms with Gasteiger partial charge in [0.2, 0.25) is 0 Å². The zero-order chi connectivity index (χ0) is 23.0. The first-order valence-corrected chi connectivity index (χ1v) is 11.4. The fourth-order valence-electron chi connectivity index (χ4n) is 3.08. The predicted octanol–water partition coefficient (Wildman–Crippen LogP) is 4.48. The van der Waals surface area contributed by atoms with E-state index in [1.807, 2.05) is 13.8 Å². The molecule has 0 radical (unpaired) electrons. The number of aromatic nitrogens is 5. The van der Waals surface area contributed by atoms with Crippen molar-refractivity contribution in [1.29, 1.82) is 0 Å². The van der Waals surface area contributed by atoms with Crippen LogP contribution in [-0.2, 0) is 0 Å². The van der Waals surface area contributed by atoms with E-state index in [0.717, 1.165) is 0 Å². The highest BCUT2D eigenvalue weighted by atomic mass is 79.9. The lowest BCUT2D eigenvalue weighted by Gasteiger charge is -2.16. The van der Waals surface area contributed by atoms with Gasteiger partial charge in [-0.15, -0.1) is 0 Å². The molecule has 4 aromatic rings. The number of carbonyl (C=O) groups excluding carboxylic acids is 2. The number of carbonyl (C=O) groups is 2. The van der Waals surface area contributed by atoms with E-state index in [-0.39, 0.29) is 29.0 Å². The Morgan fingerprint density at radius 1 is 1.12 bits per heavy atom. The number of hydrogen-bond donors (Lipinski definition) is 2. The summed E-state index contributed by atoms with van der Waals surface area (Å²) in [5.74, 6) is -0.604. The Labute approximate surface area is 204 Å². The number of anilines is 1. The Bertz CT molecular complexity index is 1350. The Kier molecular flexibility index (Phi) is 6.31. The molecule has 9 nitrogen and oxygen atoms in total. The molecule has 0 bridgehead atoms. The molecule has 0 spiro atoms. The summed E-state index contributed by atoms with van der Waals surface area (Å²) in [5.41, 5.74) is 1.31. The molecule has 0 fully saturated rings. The summed E-state index contributed by atoms with van der Waals surface area (Å²) in [4.78, 5) is 30.5. The molecule has 0 aliphatic rings. The Balaban J connectivity index is 1.80. The van der Waals surface area contributed by atoms with Crippen LogP contribution in [0.4, 0.5) is 5.69 Å². The van der Waals surface area contributed by atoms with Gasteiger partial charge >= 0.3 is 0 Å². The SMILES string of the molecule is CC(C)NC(=O)c1c(NC(=O)c2cc(Br)nn2-c2ncccc2Cl)c(Br)cc2ccnn12. The lowest BCUT2D eigenvalue weighted by atomic mass is 10.2. The summed E-state index contributed by atoms with van der Waals surface area (Å²) < 4.78 is 3.74. The van der Waals surface area contributed by atoms with Crippen molar-refractivity contribution in [2.45, 2.75) is 19.9 Å². The van der Waals surface area contributed by atoms with Crippen LogP contribution in [0, 0.1) is 0 Å². The van der Waals surface area contributed by atoms with Gasteiger partial charge < -0.3 is 10.6 Å². The van der Waals surface area contributed by atoms with E-state index in [2.05, 4.69) is 57.7 Å². The maximum atomic E-state index is 13.3. The minimum absolute atomic E-state index is 0.112. The second-order valence-electron chi connectivity index (χ2n) is 7.04. The van der Waals surface area contributed by atoms with Crippen molar-refractivity contribution in [3.63, 3.8) is 0 Å². The van der Waals surface area contributed by atoms with Gasteiger partial charge in [-0.3, -0.25) is 9.59 Å². The van der Waals surface area contributed by atoms with Crippen molar-refractivity contribution in [2.75, 3.05) is 5.32 Å². The molecule has 0 unspecified atom stereocenters. The smallest absolute Gasteiger partial charge is 0.274 e. The molecule has 4 aromatic heterocycles. The van der Waals surface area contributed by atoms with E-state index in [1.54, 1.807) is 36.7 Å². The molecular formula is C20H16Br2ClN7O2. The molecule has 4 heterocycles. The lowest BCUT2D eigenvalue weighted by molar-refractivity contribution is 0.0936. The molecule has 0 atom stereocenters. The molecule has 32 heavy (non-hydrogen) atoms. The van der Waals surface area contributed by atoms with Gasteiger partial charge in [0.1, 0.15) is 10.3 Å². The molecule has 12 heteroatoms. The summed E-state index contributed by atoms with van der Waals surface area (Å²) in [7, 11) is 0. The molecular weight excluding hydrogens is 566 g/mol. The second-order valence-corrected chi connectivity index (χ2v) is 9.11. The van der Waals surface area contributed by atoms with Crippen molar-refractivity contribution in [3.8, 4) is 5.82 Å². The fraction of sp³-hybridized carbons (Fsp3) is 0.150. The quantitative estimate of drug-likeness (QED) is 0.362.